The lowest BCUT2D eigenvalue weighted by Crippen LogP contribution is -2.41. The molecule has 4 heteroatoms. The second-order valence-corrected chi connectivity index (χ2v) is 5.73. The van der Waals surface area contributed by atoms with Crippen LogP contribution in [0.5, 0.6) is 0 Å². The Labute approximate surface area is 108 Å². The van der Waals surface area contributed by atoms with E-state index in [9.17, 15) is 4.79 Å². The number of pyridine rings is 1. The smallest absolute Gasteiger partial charge is 0.255 e. The number of aromatic nitrogens is 1. The van der Waals surface area contributed by atoms with Gasteiger partial charge in [0.15, 0.2) is 0 Å². The van der Waals surface area contributed by atoms with E-state index in [0.29, 0.717) is 5.56 Å². The van der Waals surface area contributed by atoms with Gasteiger partial charge in [0.1, 0.15) is 0 Å². The molecule has 1 aromatic rings. The van der Waals surface area contributed by atoms with E-state index in [0.717, 1.165) is 31.7 Å². The fourth-order valence-electron chi connectivity index (χ4n) is 2.62. The third-order valence-corrected chi connectivity index (χ3v) is 3.83. The van der Waals surface area contributed by atoms with Crippen LogP contribution in [-0.2, 0) is 25.6 Å². The van der Waals surface area contributed by atoms with Gasteiger partial charge >= 0.3 is 0 Å². The summed E-state index contributed by atoms with van der Waals surface area (Å²) in [5.41, 5.74) is 8.69. The average Bonchev–Trinajstić information content (AvgIpc) is 2.31. The topological polar surface area (TPSA) is 51.3 Å². The number of hydrogen-bond acceptors (Lipinski definition) is 3. The van der Waals surface area contributed by atoms with E-state index < -0.39 is 5.54 Å². The molecule has 2 N–H and O–H groups in total. The normalized spacial score (nSPS) is 16.7. The van der Waals surface area contributed by atoms with E-state index in [1.165, 1.54) is 5.56 Å². The monoisotopic (exact) mass is 249 g/mol. The van der Waals surface area contributed by atoms with Gasteiger partial charge < -0.3 is 10.3 Å². The molecule has 2 rings (SSSR count). The first kappa shape index (κ1) is 13.3. The summed E-state index contributed by atoms with van der Waals surface area (Å²) in [5.74, 6) is 0. The molecule has 0 fully saturated rings. The molecule has 2 heterocycles. The van der Waals surface area contributed by atoms with Gasteiger partial charge in [0.2, 0.25) is 0 Å². The number of likely N-dealkylation sites (N-methyl/N-ethyl adjacent to an activating group) is 1. The van der Waals surface area contributed by atoms with Crippen molar-refractivity contribution in [3.05, 3.63) is 33.2 Å². The van der Waals surface area contributed by atoms with Gasteiger partial charge in [-0.1, -0.05) is 6.92 Å². The first-order valence-electron chi connectivity index (χ1n) is 6.58. The minimum atomic E-state index is -0.585. The Hall–Kier alpha value is -1.13. The third-order valence-electron chi connectivity index (χ3n) is 3.83. The molecule has 0 atom stereocenters. The van der Waals surface area contributed by atoms with Crippen molar-refractivity contribution in [3.63, 3.8) is 0 Å². The molecule has 0 bridgehead atoms. The lowest BCUT2D eigenvalue weighted by atomic mass is 9.93. The van der Waals surface area contributed by atoms with Crippen LogP contribution in [0.2, 0.25) is 0 Å². The van der Waals surface area contributed by atoms with E-state index >= 15 is 0 Å². The summed E-state index contributed by atoms with van der Waals surface area (Å²) < 4.78 is 1.78. The summed E-state index contributed by atoms with van der Waals surface area (Å²) in [6, 6.07) is 2.01. The summed E-state index contributed by atoms with van der Waals surface area (Å²) in [7, 11) is 1.86. The van der Waals surface area contributed by atoms with Gasteiger partial charge in [-0.2, -0.15) is 0 Å². The average molecular weight is 249 g/mol. The van der Waals surface area contributed by atoms with Gasteiger partial charge in [0.05, 0.1) is 0 Å². The van der Waals surface area contributed by atoms with Gasteiger partial charge in [-0.25, -0.2) is 0 Å². The highest BCUT2D eigenvalue weighted by Gasteiger charge is 2.24. The quantitative estimate of drug-likeness (QED) is 0.849. The highest BCUT2D eigenvalue weighted by Crippen LogP contribution is 2.21. The second-order valence-electron chi connectivity index (χ2n) is 5.73. The number of hydrogen-bond donors (Lipinski definition) is 1. The van der Waals surface area contributed by atoms with Gasteiger partial charge in [-0.15, -0.1) is 0 Å². The predicted octanol–water partition coefficient (Wildman–Crippen LogP) is 0.957. The Morgan fingerprint density at radius 1 is 1.44 bits per heavy atom. The number of nitrogens with two attached hydrogens (primary N) is 1. The number of fused-ring (bicyclic) bond motifs is 1. The molecule has 0 spiro atoms. The minimum Gasteiger partial charge on any atom is -0.322 e. The molecule has 0 aromatic carbocycles. The lowest BCUT2D eigenvalue weighted by Gasteiger charge is -2.30. The van der Waals surface area contributed by atoms with Crippen molar-refractivity contribution in [3.8, 4) is 0 Å². The molecule has 4 nitrogen and oxygen atoms in total. The maximum absolute atomic E-state index is 12.3. The lowest BCUT2D eigenvalue weighted by molar-refractivity contribution is 0.262. The van der Waals surface area contributed by atoms with Crippen LogP contribution in [0, 0.1) is 0 Å². The van der Waals surface area contributed by atoms with Gasteiger partial charge in [0.25, 0.3) is 5.56 Å². The van der Waals surface area contributed by atoms with E-state index in [-0.39, 0.29) is 5.56 Å². The van der Waals surface area contributed by atoms with Gasteiger partial charge in [-0.3, -0.25) is 9.69 Å². The zero-order valence-corrected chi connectivity index (χ0v) is 11.8. The highest BCUT2D eigenvalue weighted by atomic mass is 16.1. The summed E-state index contributed by atoms with van der Waals surface area (Å²) >= 11 is 0. The van der Waals surface area contributed by atoms with E-state index in [2.05, 4.69) is 11.8 Å². The van der Waals surface area contributed by atoms with Crippen molar-refractivity contribution >= 4 is 0 Å². The van der Waals surface area contributed by atoms with Crippen LogP contribution in [0.25, 0.3) is 0 Å². The number of rotatable bonds is 2. The van der Waals surface area contributed by atoms with Crippen LogP contribution in [0.4, 0.5) is 0 Å². The highest BCUT2D eigenvalue weighted by molar-refractivity contribution is 5.32. The Morgan fingerprint density at radius 3 is 2.67 bits per heavy atom. The molecular formula is C14H23N3O. The third kappa shape index (κ3) is 2.22. The van der Waals surface area contributed by atoms with E-state index in [1.807, 2.05) is 27.0 Å². The zero-order valence-electron chi connectivity index (χ0n) is 11.8. The molecule has 100 valence electrons. The van der Waals surface area contributed by atoms with Crippen LogP contribution < -0.4 is 11.3 Å². The first-order valence-corrected chi connectivity index (χ1v) is 6.58. The Morgan fingerprint density at radius 2 is 2.11 bits per heavy atom. The van der Waals surface area contributed by atoms with Crippen molar-refractivity contribution < 1.29 is 0 Å². The van der Waals surface area contributed by atoms with Crippen LogP contribution in [-0.4, -0.2) is 22.6 Å². The summed E-state index contributed by atoms with van der Waals surface area (Å²) in [4.78, 5) is 14.7. The maximum atomic E-state index is 12.3. The second kappa shape index (κ2) is 4.52. The van der Waals surface area contributed by atoms with Crippen molar-refractivity contribution in [2.45, 2.75) is 39.3 Å². The molecular weight excluding hydrogens is 226 g/mol. The molecule has 0 aliphatic carbocycles. The zero-order chi connectivity index (χ0) is 13.5. The molecule has 1 aliphatic heterocycles. The number of nitrogens with zero attached hydrogens (tertiary/aromatic N) is 2. The van der Waals surface area contributed by atoms with Crippen LogP contribution in [0.1, 0.15) is 37.6 Å². The standard InChI is InChI=1S/C14H23N3O/c1-5-17-7-6-12-10(9-17)8-11(14(2,3)15)13(18)16(12)4/h8H,5-7,9,15H2,1-4H3. The molecule has 0 saturated carbocycles. The fourth-order valence-corrected chi connectivity index (χ4v) is 2.62. The summed E-state index contributed by atoms with van der Waals surface area (Å²) in [5, 5.41) is 0. The Balaban J connectivity index is 2.56. The molecule has 1 aliphatic rings. The summed E-state index contributed by atoms with van der Waals surface area (Å²) in [6.07, 6.45) is 0.945. The molecule has 0 amide bonds. The van der Waals surface area contributed by atoms with Crippen molar-refractivity contribution in [1.82, 2.24) is 9.47 Å². The largest absolute Gasteiger partial charge is 0.322 e. The van der Waals surface area contributed by atoms with Crippen LogP contribution >= 0.6 is 0 Å². The van der Waals surface area contributed by atoms with Gasteiger partial charge in [0, 0.05) is 43.4 Å². The Kier molecular flexibility index (Phi) is 3.34. The van der Waals surface area contributed by atoms with Crippen molar-refractivity contribution in [2.24, 2.45) is 12.8 Å². The van der Waals surface area contributed by atoms with E-state index in [4.69, 9.17) is 5.73 Å². The molecule has 1 aromatic heterocycles. The molecule has 0 saturated heterocycles. The predicted molar refractivity (Wildman–Crippen MR) is 73.6 cm³/mol. The van der Waals surface area contributed by atoms with Crippen LogP contribution in [0.15, 0.2) is 10.9 Å². The molecule has 0 radical (unpaired) electrons. The van der Waals surface area contributed by atoms with Crippen molar-refractivity contribution in [1.29, 1.82) is 0 Å². The van der Waals surface area contributed by atoms with Crippen molar-refractivity contribution in [2.75, 3.05) is 13.1 Å². The summed E-state index contributed by atoms with van der Waals surface area (Å²) in [6.45, 7) is 8.93. The molecule has 0 unspecified atom stereocenters. The van der Waals surface area contributed by atoms with E-state index in [1.54, 1.807) is 4.57 Å². The van der Waals surface area contributed by atoms with Crippen LogP contribution in [0.3, 0.4) is 0 Å². The molecule has 18 heavy (non-hydrogen) atoms. The maximum Gasteiger partial charge on any atom is 0.255 e. The first-order chi connectivity index (χ1) is 8.34. The Bertz CT molecular complexity index is 511. The van der Waals surface area contributed by atoms with Gasteiger partial charge in [-0.05, 0) is 32.0 Å². The fraction of sp³-hybridized carbons (Fsp3) is 0.643. The minimum absolute atomic E-state index is 0.0474. The SMILES string of the molecule is CCN1CCc2c(cc(C(C)(C)N)c(=O)n2C)C1.